The molecule has 0 spiro atoms. The summed E-state index contributed by atoms with van der Waals surface area (Å²) in [7, 11) is 0. The molecule has 148 valence electrons. The van der Waals surface area contributed by atoms with Crippen molar-refractivity contribution >= 4 is 23.5 Å². The summed E-state index contributed by atoms with van der Waals surface area (Å²) in [5, 5.41) is 26.2. The molecule has 0 aliphatic heterocycles. The van der Waals surface area contributed by atoms with Crippen LogP contribution in [0.3, 0.4) is 0 Å². The summed E-state index contributed by atoms with van der Waals surface area (Å²) in [5.41, 5.74) is 1.92. The van der Waals surface area contributed by atoms with E-state index in [1.54, 1.807) is 12.3 Å². The van der Waals surface area contributed by atoms with Gasteiger partial charge in [-0.1, -0.05) is 16.6 Å². The third-order valence-corrected chi connectivity index (χ3v) is 4.52. The van der Waals surface area contributed by atoms with Gasteiger partial charge in [0.05, 0.1) is 16.4 Å². The zero-order chi connectivity index (χ0) is 20.3. The molecule has 0 atom stereocenters. The zero-order valence-electron chi connectivity index (χ0n) is 15.2. The summed E-state index contributed by atoms with van der Waals surface area (Å²) in [6.07, 6.45) is 3.50. The van der Waals surface area contributed by atoms with Gasteiger partial charge in [-0.3, -0.25) is 9.48 Å². The van der Waals surface area contributed by atoms with Crippen molar-refractivity contribution in [2.75, 3.05) is 6.54 Å². The number of hydrogen-bond donors (Lipinski definition) is 1. The summed E-state index contributed by atoms with van der Waals surface area (Å²) in [6.45, 7) is 4.95. The van der Waals surface area contributed by atoms with Crippen molar-refractivity contribution in [3.63, 3.8) is 0 Å². The van der Waals surface area contributed by atoms with Crippen LogP contribution in [-0.2, 0) is 13.2 Å². The van der Waals surface area contributed by atoms with Crippen molar-refractivity contribution in [3.05, 3.63) is 50.8 Å². The molecule has 0 aliphatic carbocycles. The van der Waals surface area contributed by atoms with Crippen LogP contribution in [0.15, 0.2) is 18.6 Å². The fourth-order valence-electron chi connectivity index (χ4n) is 2.56. The molecular weight excluding hydrogens is 390 g/mol. The molecule has 0 aliphatic rings. The van der Waals surface area contributed by atoms with Crippen LogP contribution >= 0.6 is 11.6 Å². The molecule has 0 radical (unpaired) electrons. The first-order chi connectivity index (χ1) is 13.3. The first kappa shape index (κ1) is 19.5. The van der Waals surface area contributed by atoms with Crippen LogP contribution in [0.1, 0.15) is 28.3 Å². The fourth-order valence-corrected chi connectivity index (χ4v) is 2.70. The highest BCUT2D eigenvalue weighted by molar-refractivity contribution is 6.31. The fraction of sp³-hybridized carbons (Fsp3) is 0.400. The van der Waals surface area contributed by atoms with Crippen molar-refractivity contribution in [1.29, 1.82) is 0 Å². The summed E-state index contributed by atoms with van der Waals surface area (Å²) < 4.78 is 4.51. The number of nitrogens with one attached hydrogen (secondary N) is 1. The first-order valence-corrected chi connectivity index (χ1v) is 8.78. The summed E-state index contributed by atoms with van der Waals surface area (Å²) in [6, 6.07) is 1.56. The number of nitro groups is 1. The predicted octanol–water partition coefficient (Wildman–Crippen LogP) is 1.18. The highest BCUT2D eigenvalue weighted by Crippen LogP contribution is 2.18. The average molecular weight is 408 g/mol. The molecule has 1 amide bonds. The number of aromatic nitrogens is 7. The van der Waals surface area contributed by atoms with E-state index in [-0.39, 0.29) is 18.3 Å². The molecule has 0 unspecified atom stereocenters. The lowest BCUT2D eigenvalue weighted by Gasteiger charge is -2.05. The number of hydrogen-bond acceptors (Lipinski definition) is 7. The Morgan fingerprint density at radius 3 is 2.71 bits per heavy atom. The smallest absolute Gasteiger partial charge is 0.390 e. The minimum absolute atomic E-state index is 0.104. The highest BCUT2D eigenvalue weighted by Gasteiger charge is 2.15. The van der Waals surface area contributed by atoms with E-state index in [1.807, 2.05) is 18.5 Å². The van der Waals surface area contributed by atoms with E-state index < -0.39 is 10.9 Å². The third kappa shape index (κ3) is 4.34. The van der Waals surface area contributed by atoms with E-state index in [0.29, 0.717) is 24.5 Å². The first-order valence-electron chi connectivity index (χ1n) is 8.40. The van der Waals surface area contributed by atoms with Gasteiger partial charge in [-0.15, -0.1) is 0 Å². The number of carbonyl (C=O) groups excluding carboxylic acids is 1. The maximum absolute atomic E-state index is 12.2. The van der Waals surface area contributed by atoms with Crippen molar-refractivity contribution in [1.82, 2.24) is 39.6 Å². The topological polar surface area (TPSA) is 139 Å². The Kier molecular flexibility index (Phi) is 5.68. The normalized spacial score (nSPS) is 11.0. The molecule has 1 N–H and O–H groups in total. The largest absolute Gasteiger partial charge is 0.491 e. The number of nitrogens with zero attached hydrogens (tertiary/aromatic N) is 8. The Labute approximate surface area is 164 Å². The highest BCUT2D eigenvalue weighted by atomic mass is 35.5. The Bertz CT molecular complexity index is 1010. The van der Waals surface area contributed by atoms with E-state index in [0.717, 1.165) is 11.4 Å². The lowest BCUT2D eigenvalue weighted by atomic mass is 10.3. The molecule has 12 nitrogen and oxygen atoms in total. The Morgan fingerprint density at radius 1 is 1.29 bits per heavy atom. The molecule has 3 heterocycles. The Morgan fingerprint density at radius 2 is 2.07 bits per heavy atom. The van der Waals surface area contributed by atoms with E-state index >= 15 is 0 Å². The minimum atomic E-state index is -0.682. The van der Waals surface area contributed by atoms with E-state index in [4.69, 9.17) is 11.6 Å². The van der Waals surface area contributed by atoms with Crippen LogP contribution in [0, 0.1) is 24.0 Å². The van der Waals surface area contributed by atoms with Gasteiger partial charge in [0.2, 0.25) is 6.33 Å². The van der Waals surface area contributed by atoms with Crippen LogP contribution in [0.25, 0.3) is 0 Å². The number of halogens is 1. The Hall–Kier alpha value is -3.28. The molecule has 3 aromatic rings. The van der Waals surface area contributed by atoms with Gasteiger partial charge in [-0.25, -0.2) is 4.68 Å². The van der Waals surface area contributed by atoms with Gasteiger partial charge in [-0.05, 0) is 31.3 Å². The maximum atomic E-state index is 12.2. The van der Waals surface area contributed by atoms with Gasteiger partial charge in [0.1, 0.15) is 5.69 Å². The Balaban J connectivity index is 1.48. The number of amides is 1. The van der Waals surface area contributed by atoms with Gasteiger partial charge in [0.25, 0.3) is 5.91 Å². The summed E-state index contributed by atoms with van der Waals surface area (Å²) in [5.74, 6) is -0.802. The van der Waals surface area contributed by atoms with Gasteiger partial charge in [0.15, 0.2) is 6.67 Å². The van der Waals surface area contributed by atoms with Crippen LogP contribution < -0.4 is 5.32 Å². The van der Waals surface area contributed by atoms with Crippen molar-refractivity contribution in [2.24, 2.45) is 0 Å². The lowest BCUT2D eigenvalue weighted by Crippen LogP contribution is -2.26. The van der Waals surface area contributed by atoms with E-state index in [1.165, 1.54) is 15.7 Å². The molecule has 13 heteroatoms. The second-order valence-corrected chi connectivity index (χ2v) is 6.42. The summed E-state index contributed by atoms with van der Waals surface area (Å²) in [4.78, 5) is 25.7. The molecule has 3 aromatic heterocycles. The second-order valence-electron chi connectivity index (χ2n) is 6.04. The molecule has 0 bridgehead atoms. The lowest BCUT2D eigenvalue weighted by molar-refractivity contribution is -0.394. The predicted molar refractivity (Wildman–Crippen MR) is 98.0 cm³/mol. The van der Waals surface area contributed by atoms with E-state index in [9.17, 15) is 14.9 Å². The van der Waals surface area contributed by atoms with Crippen LogP contribution in [0.5, 0.6) is 0 Å². The minimum Gasteiger partial charge on any atom is -0.390 e. The standard InChI is InChI=1S/C15H18ClN9O3/c1-10-13(16)11(2)24(19-10)6-3-5-17-14(26)12-4-7-22(20-12)9-23-8-18-15(21-23)25(27)28/h4,7-8H,3,5-6,9H2,1-2H3,(H,17,26). The number of carbonyl (C=O) groups is 1. The quantitative estimate of drug-likeness (QED) is 0.336. The van der Waals surface area contributed by atoms with Crippen molar-refractivity contribution in [3.8, 4) is 0 Å². The molecule has 0 saturated carbocycles. The average Bonchev–Trinajstić information content (AvgIpc) is 3.37. The van der Waals surface area contributed by atoms with Crippen LogP contribution in [0.2, 0.25) is 5.02 Å². The molecule has 28 heavy (non-hydrogen) atoms. The summed E-state index contributed by atoms with van der Waals surface area (Å²) >= 11 is 6.11. The van der Waals surface area contributed by atoms with Crippen LogP contribution in [0.4, 0.5) is 5.95 Å². The zero-order valence-corrected chi connectivity index (χ0v) is 16.0. The molecule has 0 saturated heterocycles. The van der Waals surface area contributed by atoms with Gasteiger partial charge >= 0.3 is 5.95 Å². The molecule has 0 fully saturated rings. The molecular formula is C15H18ClN9O3. The third-order valence-electron chi connectivity index (χ3n) is 3.98. The SMILES string of the molecule is Cc1nn(CCCNC(=O)c2ccn(Cn3cnc([N+](=O)[O-])n3)n2)c(C)c1Cl. The maximum Gasteiger partial charge on any atom is 0.491 e. The van der Waals surface area contributed by atoms with Crippen LogP contribution in [-0.4, -0.2) is 51.7 Å². The van der Waals surface area contributed by atoms with E-state index in [2.05, 4.69) is 25.6 Å². The molecule has 0 aromatic carbocycles. The van der Waals surface area contributed by atoms with Gasteiger partial charge in [0, 0.05) is 24.4 Å². The monoisotopic (exact) mass is 407 g/mol. The van der Waals surface area contributed by atoms with Crippen molar-refractivity contribution in [2.45, 2.75) is 33.5 Å². The molecule has 3 rings (SSSR count). The van der Waals surface area contributed by atoms with Crippen molar-refractivity contribution < 1.29 is 9.72 Å². The van der Waals surface area contributed by atoms with Gasteiger partial charge in [-0.2, -0.15) is 14.9 Å². The second kappa shape index (κ2) is 8.17. The number of aryl methyl sites for hydroxylation is 2. The van der Waals surface area contributed by atoms with Gasteiger partial charge < -0.3 is 15.4 Å². The number of rotatable bonds is 8.